The molecule has 0 unspecified atom stereocenters. The molecular formula is C15H10FNO3. The number of esters is 1. The zero-order valence-electron chi connectivity index (χ0n) is 10.4. The molecule has 0 fully saturated rings. The molecule has 0 aromatic heterocycles. The molecule has 0 radical (unpaired) electrons. The number of rotatable bonds is 4. The van der Waals surface area contributed by atoms with Crippen molar-refractivity contribution in [1.29, 1.82) is 5.26 Å². The molecule has 0 heterocycles. The van der Waals surface area contributed by atoms with E-state index >= 15 is 0 Å². The van der Waals surface area contributed by atoms with Crippen LogP contribution in [0.1, 0.15) is 5.56 Å². The Morgan fingerprint density at radius 2 is 1.65 bits per heavy atom. The summed E-state index contributed by atoms with van der Waals surface area (Å²) in [7, 11) is 0. The van der Waals surface area contributed by atoms with Crippen LogP contribution >= 0.6 is 0 Å². The van der Waals surface area contributed by atoms with E-state index in [0.29, 0.717) is 11.3 Å². The number of hydrogen-bond donors (Lipinski definition) is 0. The van der Waals surface area contributed by atoms with Gasteiger partial charge in [0.1, 0.15) is 17.3 Å². The molecule has 0 saturated carbocycles. The average Bonchev–Trinajstić information content (AvgIpc) is 2.48. The van der Waals surface area contributed by atoms with Crippen LogP contribution in [0.25, 0.3) is 0 Å². The molecule has 0 amide bonds. The van der Waals surface area contributed by atoms with E-state index in [9.17, 15) is 9.18 Å². The molecule has 100 valence electrons. The molecule has 2 aromatic carbocycles. The van der Waals surface area contributed by atoms with Crippen LogP contribution in [0.2, 0.25) is 0 Å². The third-order valence-corrected chi connectivity index (χ3v) is 2.39. The predicted molar refractivity (Wildman–Crippen MR) is 68.7 cm³/mol. The molecule has 0 atom stereocenters. The SMILES string of the molecule is N#Cc1ccc(OCC(=O)Oc2ccc(F)cc2)cc1. The molecule has 0 aliphatic rings. The molecule has 0 aliphatic carbocycles. The fourth-order valence-corrected chi connectivity index (χ4v) is 1.43. The van der Waals surface area contributed by atoms with Crippen molar-refractivity contribution in [2.75, 3.05) is 6.61 Å². The number of carbonyl (C=O) groups is 1. The van der Waals surface area contributed by atoms with E-state index in [1.807, 2.05) is 6.07 Å². The van der Waals surface area contributed by atoms with Gasteiger partial charge in [0.2, 0.25) is 0 Å². The predicted octanol–water partition coefficient (Wildman–Crippen LogP) is 2.68. The van der Waals surface area contributed by atoms with Gasteiger partial charge in [0.15, 0.2) is 6.61 Å². The highest BCUT2D eigenvalue weighted by atomic mass is 19.1. The first kappa shape index (κ1) is 13.6. The minimum absolute atomic E-state index is 0.250. The van der Waals surface area contributed by atoms with Crippen LogP contribution in [0.3, 0.4) is 0 Å². The second kappa shape index (κ2) is 6.34. The maximum Gasteiger partial charge on any atom is 0.349 e. The summed E-state index contributed by atoms with van der Waals surface area (Å²) in [4.78, 5) is 11.5. The quantitative estimate of drug-likeness (QED) is 0.633. The van der Waals surface area contributed by atoms with E-state index in [-0.39, 0.29) is 12.4 Å². The maximum atomic E-state index is 12.7. The van der Waals surface area contributed by atoms with Gasteiger partial charge in [-0.25, -0.2) is 9.18 Å². The lowest BCUT2D eigenvalue weighted by Crippen LogP contribution is -2.17. The Morgan fingerprint density at radius 3 is 2.25 bits per heavy atom. The normalized spacial score (nSPS) is 9.60. The number of ether oxygens (including phenoxy) is 2. The summed E-state index contributed by atoms with van der Waals surface area (Å²) < 4.78 is 22.8. The van der Waals surface area contributed by atoms with Crippen LogP contribution in [0.15, 0.2) is 48.5 Å². The van der Waals surface area contributed by atoms with Gasteiger partial charge in [-0.2, -0.15) is 5.26 Å². The molecule has 0 saturated heterocycles. The molecule has 2 rings (SSSR count). The first-order chi connectivity index (χ1) is 9.67. The molecule has 5 heteroatoms. The zero-order chi connectivity index (χ0) is 14.4. The Hall–Kier alpha value is -2.87. The molecule has 0 spiro atoms. The van der Waals surface area contributed by atoms with E-state index in [0.717, 1.165) is 0 Å². The fourth-order valence-electron chi connectivity index (χ4n) is 1.43. The lowest BCUT2D eigenvalue weighted by Gasteiger charge is -2.06. The highest BCUT2D eigenvalue weighted by Crippen LogP contribution is 2.13. The van der Waals surface area contributed by atoms with Crippen molar-refractivity contribution in [2.24, 2.45) is 0 Å². The summed E-state index contributed by atoms with van der Waals surface area (Å²) in [6.07, 6.45) is 0. The van der Waals surface area contributed by atoms with Crippen molar-refractivity contribution in [3.8, 4) is 17.6 Å². The minimum atomic E-state index is -0.596. The van der Waals surface area contributed by atoms with Crippen molar-refractivity contribution >= 4 is 5.97 Å². The lowest BCUT2D eigenvalue weighted by atomic mass is 10.2. The molecule has 0 aliphatic heterocycles. The summed E-state index contributed by atoms with van der Waals surface area (Å²) >= 11 is 0. The van der Waals surface area contributed by atoms with Crippen LogP contribution in [0, 0.1) is 17.1 Å². The summed E-state index contributed by atoms with van der Waals surface area (Å²) in [5.74, 6) is -0.292. The van der Waals surface area contributed by atoms with Crippen molar-refractivity contribution in [2.45, 2.75) is 0 Å². The summed E-state index contributed by atoms with van der Waals surface area (Å²) in [5, 5.41) is 8.64. The standard InChI is InChI=1S/C15H10FNO3/c16-12-3-7-14(8-4-12)20-15(18)10-19-13-5-1-11(9-17)2-6-13/h1-8H,10H2. The van der Waals surface area contributed by atoms with Crippen LogP contribution < -0.4 is 9.47 Å². The second-order valence-electron chi connectivity index (χ2n) is 3.85. The second-order valence-corrected chi connectivity index (χ2v) is 3.85. The van der Waals surface area contributed by atoms with Crippen molar-refractivity contribution in [3.63, 3.8) is 0 Å². The van der Waals surface area contributed by atoms with Crippen molar-refractivity contribution in [1.82, 2.24) is 0 Å². The van der Waals surface area contributed by atoms with E-state index in [1.165, 1.54) is 24.3 Å². The van der Waals surface area contributed by atoms with Gasteiger partial charge in [0.25, 0.3) is 0 Å². The molecule has 4 nitrogen and oxygen atoms in total. The first-order valence-electron chi connectivity index (χ1n) is 5.76. The highest BCUT2D eigenvalue weighted by Gasteiger charge is 2.06. The van der Waals surface area contributed by atoms with Gasteiger partial charge in [-0.1, -0.05) is 0 Å². The number of benzene rings is 2. The number of hydrogen-bond acceptors (Lipinski definition) is 4. The van der Waals surface area contributed by atoms with Crippen LogP contribution in [-0.4, -0.2) is 12.6 Å². The van der Waals surface area contributed by atoms with Gasteiger partial charge in [0, 0.05) is 0 Å². The molecule has 0 N–H and O–H groups in total. The summed E-state index contributed by atoms with van der Waals surface area (Å²) in [5.41, 5.74) is 0.506. The summed E-state index contributed by atoms with van der Waals surface area (Å²) in [6.45, 7) is -0.275. The zero-order valence-corrected chi connectivity index (χ0v) is 10.4. The number of nitriles is 1. The number of carbonyl (C=O) groups excluding carboxylic acids is 1. The number of nitrogens with zero attached hydrogens (tertiary/aromatic N) is 1. The van der Waals surface area contributed by atoms with Gasteiger partial charge in [-0.05, 0) is 48.5 Å². The van der Waals surface area contributed by atoms with Crippen molar-refractivity contribution < 1.29 is 18.7 Å². The minimum Gasteiger partial charge on any atom is -0.482 e. The van der Waals surface area contributed by atoms with Gasteiger partial charge in [-0.15, -0.1) is 0 Å². The third kappa shape index (κ3) is 3.82. The number of halogens is 1. The summed E-state index contributed by atoms with van der Waals surface area (Å²) in [6, 6.07) is 13.4. The van der Waals surface area contributed by atoms with Gasteiger partial charge >= 0.3 is 5.97 Å². The molecule has 2 aromatic rings. The topological polar surface area (TPSA) is 59.3 Å². The highest BCUT2D eigenvalue weighted by molar-refractivity contribution is 5.73. The Balaban J connectivity index is 1.85. The fraction of sp³-hybridized carbons (Fsp3) is 0.0667. The largest absolute Gasteiger partial charge is 0.482 e. The van der Waals surface area contributed by atoms with E-state index in [1.54, 1.807) is 24.3 Å². The lowest BCUT2D eigenvalue weighted by molar-refractivity contribution is -0.136. The smallest absolute Gasteiger partial charge is 0.349 e. The first-order valence-corrected chi connectivity index (χ1v) is 5.76. The Morgan fingerprint density at radius 1 is 1.05 bits per heavy atom. The van der Waals surface area contributed by atoms with Crippen LogP contribution in [0.5, 0.6) is 11.5 Å². The van der Waals surface area contributed by atoms with E-state index in [4.69, 9.17) is 14.7 Å². The molecule has 20 heavy (non-hydrogen) atoms. The Bertz CT molecular complexity index is 630. The monoisotopic (exact) mass is 271 g/mol. The van der Waals surface area contributed by atoms with Crippen LogP contribution in [0.4, 0.5) is 4.39 Å². The molecule has 0 bridgehead atoms. The Labute approximate surface area is 115 Å². The van der Waals surface area contributed by atoms with E-state index in [2.05, 4.69) is 0 Å². The third-order valence-electron chi connectivity index (χ3n) is 2.39. The van der Waals surface area contributed by atoms with Crippen LogP contribution in [-0.2, 0) is 4.79 Å². The maximum absolute atomic E-state index is 12.7. The van der Waals surface area contributed by atoms with Gasteiger partial charge in [-0.3, -0.25) is 0 Å². The Kier molecular flexibility index (Phi) is 4.30. The average molecular weight is 271 g/mol. The van der Waals surface area contributed by atoms with E-state index < -0.39 is 11.8 Å². The molecular weight excluding hydrogens is 261 g/mol. The van der Waals surface area contributed by atoms with Crippen molar-refractivity contribution in [3.05, 3.63) is 59.9 Å². The van der Waals surface area contributed by atoms with Gasteiger partial charge in [0.05, 0.1) is 11.6 Å². The van der Waals surface area contributed by atoms with Gasteiger partial charge < -0.3 is 9.47 Å².